The summed E-state index contributed by atoms with van der Waals surface area (Å²) in [4.78, 5) is 28.8. The third-order valence-electron chi connectivity index (χ3n) is 5.75. The van der Waals surface area contributed by atoms with Crippen LogP contribution in [0.1, 0.15) is 34.0 Å². The van der Waals surface area contributed by atoms with Crippen LogP contribution in [-0.4, -0.2) is 59.6 Å². The van der Waals surface area contributed by atoms with Gasteiger partial charge in [0.1, 0.15) is 11.5 Å². The highest BCUT2D eigenvalue weighted by Crippen LogP contribution is 2.42. The second-order valence-corrected chi connectivity index (χ2v) is 8.81. The average molecular weight is 491 g/mol. The number of allylic oxidation sites excluding steroid dienone is 1. The number of Topliss-reactive ketones (excluding diaryl/α,β-unsaturated/α-hetero) is 1. The average Bonchev–Trinajstić information content (AvgIpc) is 3.10. The van der Waals surface area contributed by atoms with Crippen molar-refractivity contribution in [1.82, 2.24) is 9.80 Å². The molecule has 2 aliphatic heterocycles. The van der Waals surface area contributed by atoms with Crippen LogP contribution in [0.15, 0.2) is 30.0 Å². The van der Waals surface area contributed by atoms with Gasteiger partial charge in [-0.1, -0.05) is 29.3 Å². The molecule has 0 spiro atoms. The molecule has 2 aromatic rings. The summed E-state index contributed by atoms with van der Waals surface area (Å²) in [7, 11) is 0. The number of phenols is 1. The number of nitrogens with zero attached hydrogens (tertiary/aromatic N) is 2. The van der Waals surface area contributed by atoms with E-state index in [0.29, 0.717) is 77.4 Å². The first-order valence-corrected chi connectivity index (χ1v) is 11.4. The molecule has 1 fully saturated rings. The summed E-state index contributed by atoms with van der Waals surface area (Å²) in [6.45, 7) is 6.52. The minimum Gasteiger partial charge on any atom is -0.507 e. The summed E-state index contributed by atoms with van der Waals surface area (Å²) >= 11 is 12.2. The Morgan fingerprint density at radius 3 is 2.61 bits per heavy atom. The van der Waals surface area contributed by atoms with Gasteiger partial charge >= 0.3 is 6.09 Å². The molecule has 2 aromatic carbocycles. The molecule has 1 N–H and O–H groups in total. The molecule has 2 heterocycles. The van der Waals surface area contributed by atoms with E-state index in [1.54, 1.807) is 49.1 Å². The zero-order chi connectivity index (χ0) is 23.7. The molecule has 1 saturated heterocycles. The fraction of sp³-hybridized carbons (Fsp3) is 0.333. The van der Waals surface area contributed by atoms with Gasteiger partial charge in [-0.05, 0) is 49.2 Å². The molecule has 2 aliphatic rings. The third kappa shape index (κ3) is 4.81. The SMILES string of the molecule is CCOC(=O)N1CCN(Cc2c(O)cc(C)c3c2O/C(=C/c2ccc(Cl)cc2Cl)C3=O)CC1. The molecule has 0 bridgehead atoms. The van der Waals surface area contributed by atoms with Crippen molar-refractivity contribution >= 4 is 41.2 Å². The van der Waals surface area contributed by atoms with Gasteiger partial charge in [-0.15, -0.1) is 0 Å². The molecule has 0 atom stereocenters. The maximum Gasteiger partial charge on any atom is 0.409 e. The lowest BCUT2D eigenvalue weighted by Gasteiger charge is -2.34. The number of carbonyl (C=O) groups excluding carboxylic acids is 2. The van der Waals surface area contributed by atoms with Crippen molar-refractivity contribution in [2.75, 3.05) is 32.8 Å². The van der Waals surface area contributed by atoms with Crippen LogP contribution in [0.4, 0.5) is 4.79 Å². The molecule has 0 radical (unpaired) electrons. The number of ketones is 1. The highest BCUT2D eigenvalue weighted by atomic mass is 35.5. The monoisotopic (exact) mass is 490 g/mol. The lowest BCUT2D eigenvalue weighted by molar-refractivity contribution is 0.0774. The van der Waals surface area contributed by atoms with Crippen LogP contribution in [0.25, 0.3) is 6.08 Å². The minimum absolute atomic E-state index is 0.0673. The zero-order valence-electron chi connectivity index (χ0n) is 18.4. The fourth-order valence-corrected chi connectivity index (χ4v) is 4.48. The van der Waals surface area contributed by atoms with Crippen LogP contribution in [0.2, 0.25) is 10.0 Å². The molecule has 0 aliphatic carbocycles. The summed E-state index contributed by atoms with van der Waals surface area (Å²) in [6, 6.07) is 6.58. The molecular weight excluding hydrogens is 467 g/mol. The van der Waals surface area contributed by atoms with E-state index in [2.05, 4.69) is 4.90 Å². The van der Waals surface area contributed by atoms with Gasteiger partial charge in [-0.3, -0.25) is 9.69 Å². The topological polar surface area (TPSA) is 79.3 Å². The largest absolute Gasteiger partial charge is 0.507 e. The fourth-order valence-electron chi connectivity index (χ4n) is 4.02. The number of piperazine rings is 1. The second-order valence-electron chi connectivity index (χ2n) is 7.96. The zero-order valence-corrected chi connectivity index (χ0v) is 19.9. The summed E-state index contributed by atoms with van der Waals surface area (Å²) in [5.74, 6) is 0.303. The van der Waals surface area contributed by atoms with Crippen molar-refractivity contribution in [1.29, 1.82) is 0 Å². The Hall–Kier alpha value is -2.74. The summed E-state index contributed by atoms with van der Waals surface area (Å²) < 4.78 is 11.0. The van der Waals surface area contributed by atoms with Crippen LogP contribution in [0.5, 0.6) is 11.5 Å². The van der Waals surface area contributed by atoms with Gasteiger partial charge in [0, 0.05) is 42.8 Å². The lowest BCUT2D eigenvalue weighted by Crippen LogP contribution is -2.48. The van der Waals surface area contributed by atoms with E-state index in [4.69, 9.17) is 32.7 Å². The molecular formula is C24H24Cl2N2O5. The summed E-state index contributed by atoms with van der Waals surface area (Å²) in [6.07, 6.45) is 1.26. The number of halogens is 2. The number of ether oxygens (including phenoxy) is 2. The Bertz CT molecular complexity index is 1140. The van der Waals surface area contributed by atoms with Crippen LogP contribution in [0, 0.1) is 6.92 Å². The summed E-state index contributed by atoms with van der Waals surface area (Å²) in [5.41, 5.74) is 2.22. The molecule has 174 valence electrons. The Morgan fingerprint density at radius 1 is 1.21 bits per heavy atom. The van der Waals surface area contributed by atoms with Gasteiger partial charge < -0.3 is 19.5 Å². The first kappa shape index (κ1) is 23.4. The van der Waals surface area contributed by atoms with Crippen molar-refractivity contribution in [2.45, 2.75) is 20.4 Å². The van der Waals surface area contributed by atoms with Crippen molar-refractivity contribution in [2.24, 2.45) is 0 Å². The van der Waals surface area contributed by atoms with E-state index in [9.17, 15) is 14.7 Å². The highest BCUT2D eigenvalue weighted by Gasteiger charge is 2.34. The van der Waals surface area contributed by atoms with Crippen LogP contribution in [-0.2, 0) is 11.3 Å². The molecule has 1 amide bonds. The Morgan fingerprint density at radius 2 is 1.94 bits per heavy atom. The van der Waals surface area contributed by atoms with Crippen LogP contribution in [0.3, 0.4) is 0 Å². The van der Waals surface area contributed by atoms with E-state index < -0.39 is 0 Å². The van der Waals surface area contributed by atoms with Gasteiger partial charge in [0.2, 0.25) is 5.78 Å². The van der Waals surface area contributed by atoms with Gasteiger partial charge in [-0.25, -0.2) is 4.79 Å². The number of rotatable bonds is 4. The van der Waals surface area contributed by atoms with E-state index in [1.807, 2.05) is 0 Å². The van der Waals surface area contributed by atoms with Crippen molar-refractivity contribution < 1.29 is 24.2 Å². The second kappa shape index (κ2) is 9.63. The number of phenolic OH excluding ortho intramolecular Hbond substituents is 1. The molecule has 0 saturated carbocycles. The van der Waals surface area contributed by atoms with Gasteiger partial charge in [0.15, 0.2) is 5.76 Å². The van der Waals surface area contributed by atoms with Crippen molar-refractivity contribution in [3.05, 3.63) is 62.3 Å². The number of fused-ring (bicyclic) bond motifs is 1. The number of benzene rings is 2. The maximum absolute atomic E-state index is 13.1. The van der Waals surface area contributed by atoms with Gasteiger partial charge in [-0.2, -0.15) is 0 Å². The number of hydrogen-bond donors (Lipinski definition) is 1. The third-order valence-corrected chi connectivity index (χ3v) is 6.31. The Kier molecular flexibility index (Phi) is 6.83. The van der Waals surface area contributed by atoms with Gasteiger partial charge in [0.25, 0.3) is 0 Å². The predicted molar refractivity (Wildman–Crippen MR) is 126 cm³/mol. The first-order valence-electron chi connectivity index (χ1n) is 10.7. The molecule has 33 heavy (non-hydrogen) atoms. The van der Waals surface area contributed by atoms with E-state index in [1.165, 1.54) is 0 Å². The summed E-state index contributed by atoms with van der Waals surface area (Å²) in [5, 5.41) is 11.6. The number of amides is 1. The molecule has 9 heteroatoms. The van der Waals surface area contributed by atoms with E-state index in [0.717, 1.165) is 0 Å². The van der Waals surface area contributed by atoms with Crippen molar-refractivity contribution in [3.8, 4) is 11.5 Å². The Balaban J connectivity index is 1.57. The molecule has 0 aromatic heterocycles. The standard InChI is InChI=1S/C24H24Cl2N2O5/c1-3-32-24(31)28-8-6-27(7-9-28)13-17-19(29)10-14(2)21-22(30)20(33-23(17)21)11-15-4-5-16(25)12-18(15)26/h4-5,10-12,29H,3,6-9,13H2,1-2H3/b20-11+. The van der Waals surface area contributed by atoms with E-state index >= 15 is 0 Å². The quantitative estimate of drug-likeness (QED) is 0.614. The number of carbonyl (C=O) groups is 2. The smallest absolute Gasteiger partial charge is 0.409 e. The number of hydrogen-bond acceptors (Lipinski definition) is 6. The normalized spacial score (nSPS) is 17.3. The van der Waals surface area contributed by atoms with E-state index in [-0.39, 0.29) is 23.4 Å². The minimum atomic E-state index is -0.319. The molecule has 4 rings (SSSR count). The van der Waals surface area contributed by atoms with Crippen molar-refractivity contribution in [3.63, 3.8) is 0 Å². The maximum atomic E-state index is 13.1. The van der Waals surface area contributed by atoms with Crippen LogP contribution >= 0.6 is 23.2 Å². The first-order chi connectivity index (χ1) is 15.8. The van der Waals surface area contributed by atoms with Crippen LogP contribution < -0.4 is 4.74 Å². The van der Waals surface area contributed by atoms with Gasteiger partial charge in [0.05, 0.1) is 17.7 Å². The number of aromatic hydroxyl groups is 1. The Labute approximate surface area is 202 Å². The molecule has 7 nitrogen and oxygen atoms in total. The number of aryl methyl sites for hydroxylation is 1. The lowest BCUT2D eigenvalue weighted by atomic mass is 9.99. The molecule has 0 unspecified atom stereocenters. The predicted octanol–water partition coefficient (Wildman–Crippen LogP) is 4.90. The highest BCUT2D eigenvalue weighted by molar-refractivity contribution is 6.35.